The van der Waals surface area contributed by atoms with E-state index in [0.29, 0.717) is 12.1 Å². The van der Waals surface area contributed by atoms with Crippen LogP contribution in [0.15, 0.2) is 66.9 Å². The van der Waals surface area contributed by atoms with Crippen LogP contribution < -0.4 is 0 Å². The molecule has 1 aliphatic carbocycles. The van der Waals surface area contributed by atoms with E-state index in [1.165, 1.54) is 11.1 Å². The summed E-state index contributed by atoms with van der Waals surface area (Å²) in [4.78, 5) is 20.4. The summed E-state index contributed by atoms with van der Waals surface area (Å²) < 4.78 is 1.88. The molecule has 0 radical (unpaired) electrons. The Hall–Kier alpha value is -3.47. The summed E-state index contributed by atoms with van der Waals surface area (Å²) in [5.41, 5.74) is 6.12. The van der Waals surface area contributed by atoms with Crippen LogP contribution in [-0.2, 0) is 20.0 Å². The monoisotopic (exact) mass is 410 g/mol. The molecule has 0 saturated carbocycles. The van der Waals surface area contributed by atoms with Gasteiger partial charge < -0.3 is 4.90 Å². The summed E-state index contributed by atoms with van der Waals surface area (Å²) in [6.07, 6.45) is 4.81. The predicted molar refractivity (Wildman–Crippen MR) is 122 cm³/mol. The molecule has 1 amide bonds. The molecule has 0 aliphatic heterocycles. The van der Waals surface area contributed by atoms with Crippen LogP contribution in [0.25, 0.3) is 10.9 Å². The van der Waals surface area contributed by atoms with Gasteiger partial charge in [0.25, 0.3) is 5.91 Å². The van der Waals surface area contributed by atoms with E-state index < -0.39 is 0 Å². The van der Waals surface area contributed by atoms with Crippen molar-refractivity contribution in [1.29, 1.82) is 0 Å². The van der Waals surface area contributed by atoms with E-state index in [9.17, 15) is 4.79 Å². The molecule has 156 valence electrons. The lowest BCUT2D eigenvalue weighted by molar-refractivity contribution is 0.0632. The lowest BCUT2D eigenvalue weighted by atomic mass is 9.86. The second kappa shape index (κ2) is 7.99. The fourth-order valence-corrected chi connectivity index (χ4v) is 4.72. The number of amides is 1. The quantitative estimate of drug-likeness (QED) is 0.476. The van der Waals surface area contributed by atoms with Crippen LogP contribution in [0, 0.1) is 6.92 Å². The maximum atomic E-state index is 13.9. The standard InChI is InChI=1S/C26H26N4O/c1-18-14-22(29(2)28-18)17-30(25-13-7-10-19-8-3-5-11-23(19)25)26(31)21-15-20-9-4-6-12-24(20)27-16-21/h3-6,8-9,11-12,14-16,25H,7,10,13,17H2,1-2H3/t25-/m1/s1. The zero-order valence-corrected chi connectivity index (χ0v) is 18.0. The second-order valence-electron chi connectivity index (χ2n) is 8.36. The maximum Gasteiger partial charge on any atom is 0.256 e. The molecular weight excluding hydrogens is 384 g/mol. The SMILES string of the molecule is Cc1cc(CN(C(=O)c2cnc3ccccc3c2)[C@@H]2CCCc3ccccc32)n(C)n1. The van der Waals surface area contributed by atoms with Crippen LogP contribution >= 0.6 is 0 Å². The number of carbonyl (C=O) groups excluding carboxylic acids is 1. The number of hydrogen-bond acceptors (Lipinski definition) is 3. The average Bonchev–Trinajstić information content (AvgIpc) is 3.12. The number of aryl methyl sites for hydroxylation is 3. The van der Waals surface area contributed by atoms with Gasteiger partial charge in [-0.05, 0) is 55.5 Å². The molecule has 4 aromatic rings. The molecule has 5 nitrogen and oxygen atoms in total. The van der Waals surface area contributed by atoms with Gasteiger partial charge in [0.05, 0.1) is 35.1 Å². The highest BCUT2D eigenvalue weighted by molar-refractivity contribution is 5.97. The van der Waals surface area contributed by atoms with Gasteiger partial charge >= 0.3 is 0 Å². The Labute approximate surface area is 182 Å². The predicted octanol–water partition coefficient (Wildman–Crippen LogP) is 5.00. The highest BCUT2D eigenvalue weighted by atomic mass is 16.2. The molecule has 0 spiro atoms. The van der Waals surface area contributed by atoms with Crippen molar-refractivity contribution in [3.63, 3.8) is 0 Å². The number of pyridine rings is 1. The molecule has 0 bridgehead atoms. The third-order valence-corrected chi connectivity index (χ3v) is 6.24. The smallest absolute Gasteiger partial charge is 0.256 e. The maximum absolute atomic E-state index is 13.9. The Kier molecular flexibility index (Phi) is 5.02. The summed E-state index contributed by atoms with van der Waals surface area (Å²) in [6, 6.07) is 20.5. The molecule has 1 aliphatic rings. The van der Waals surface area contributed by atoms with E-state index in [-0.39, 0.29) is 11.9 Å². The van der Waals surface area contributed by atoms with E-state index in [4.69, 9.17) is 0 Å². The van der Waals surface area contributed by atoms with Crippen LogP contribution in [0.3, 0.4) is 0 Å². The Morgan fingerprint density at radius 3 is 2.77 bits per heavy atom. The highest BCUT2D eigenvalue weighted by Gasteiger charge is 2.31. The van der Waals surface area contributed by atoms with Crippen molar-refractivity contribution >= 4 is 16.8 Å². The van der Waals surface area contributed by atoms with Gasteiger partial charge in [-0.25, -0.2) is 0 Å². The average molecular weight is 411 g/mol. The zero-order valence-electron chi connectivity index (χ0n) is 18.0. The van der Waals surface area contributed by atoms with E-state index >= 15 is 0 Å². The molecule has 0 fully saturated rings. The van der Waals surface area contributed by atoms with E-state index in [1.807, 2.05) is 53.9 Å². The van der Waals surface area contributed by atoms with Crippen LogP contribution in [0.5, 0.6) is 0 Å². The lowest BCUT2D eigenvalue weighted by Crippen LogP contribution is -2.37. The van der Waals surface area contributed by atoms with Crippen LogP contribution in [0.1, 0.15) is 51.8 Å². The zero-order chi connectivity index (χ0) is 21.4. The number of rotatable bonds is 4. The summed E-state index contributed by atoms with van der Waals surface area (Å²) in [7, 11) is 1.94. The van der Waals surface area contributed by atoms with Crippen molar-refractivity contribution in [2.24, 2.45) is 7.05 Å². The van der Waals surface area contributed by atoms with Gasteiger partial charge in [0, 0.05) is 18.6 Å². The van der Waals surface area contributed by atoms with E-state index in [1.54, 1.807) is 6.20 Å². The first kappa shape index (κ1) is 19.5. The van der Waals surface area contributed by atoms with Crippen molar-refractivity contribution in [2.75, 3.05) is 0 Å². The summed E-state index contributed by atoms with van der Waals surface area (Å²) in [5.74, 6) is 0.0128. The highest BCUT2D eigenvalue weighted by Crippen LogP contribution is 2.36. The minimum Gasteiger partial charge on any atom is -0.326 e. The molecule has 2 heterocycles. The minimum atomic E-state index is 0.0128. The van der Waals surface area contributed by atoms with Crippen molar-refractivity contribution in [1.82, 2.24) is 19.7 Å². The van der Waals surface area contributed by atoms with E-state index in [2.05, 4.69) is 40.4 Å². The fraction of sp³-hybridized carbons (Fsp3) is 0.269. The lowest BCUT2D eigenvalue weighted by Gasteiger charge is -2.36. The molecule has 5 heteroatoms. The molecule has 31 heavy (non-hydrogen) atoms. The molecular formula is C26H26N4O. The third-order valence-electron chi connectivity index (χ3n) is 6.24. The van der Waals surface area contributed by atoms with Gasteiger partial charge in [-0.2, -0.15) is 5.10 Å². The van der Waals surface area contributed by atoms with Gasteiger partial charge in [0.2, 0.25) is 0 Å². The molecule has 2 aromatic carbocycles. The Balaban J connectivity index is 1.57. The number of hydrogen-bond donors (Lipinski definition) is 0. The fourth-order valence-electron chi connectivity index (χ4n) is 4.72. The number of carbonyl (C=O) groups is 1. The van der Waals surface area contributed by atoms with Crippen molar-refractivity contribution in [3.8, 4) is 0 Å². The molecule has 0 unspecified atom stereocenters. The molecule has 0 saturated heterocycles. The first-order valence-corrected chi connectivity index (χ1v) is 10.8. The molecule has 0 N–H and O–H groups in total. The normalized spacial score (nSPS) is 15.6. The summed E-state index contributed by atoms with van der Waals surface area (Å²) >= 11 is 0. The molecule has 1 atom stereocenters. The van der Waals surface area contributed by atoms with Crippen LogP contribution in [0.2, 0.25) is 0 Å². The minimum absolute atomic E-state index is 0.0128. The first-order valence-electron chi connectivity index (χ1n) is 10.8. The van der Waals surface area contributed by atoms with Gasteiger partial charge in [-0.15, -0.1) is 0 Å². The molecule has 5 rings (SSSR count). The summed E-state index contributed by atoms with van der Waals surface area (Å²) in [5, 5.41) is 5.47. The third kappa shape index (κ3) is 3.72. The van der Waals surface area contributed by atoms with Crippen LogP contribution in [-0.4, -0.2) is 25.6 Å². The van der Waals surface area contributed by atoms with Gasteiger partial charge in [-0.3, -0.25) is 14.5 Å². The van der Waals surface area contributed by atoms with Crippen LogP contribution in [0.4, 0.5) is 0 Å². The Bertz CT molecular complexity index is 1260. The first-order chi connectivity index (χ1) is 15.1. The van der Waals surface area contributed by atoms with Crippen molar-refractivity contribution in [3.05, 3.63) is 94.9 Å². The van der Waals surface area contributed by atoms with Crippen molar-refractivity contribution in [2.45, 2.75) is 38.8 Å². The van der Waals surface area contributed by atoms with Crippen molar-refractivity contribution < 1.29 is 4.79 Å². The number of nitrogens with zero attached hydrogens (tertiary/aromatic N) is 4. The van der Waals surface area contributed by atoms with E-state index in [0.717, 1.165) is 41.6 Å². The number of aromatic nitrogens is 3. The number of para-hydroxylation sites is 1. The topological polar surface area (TPSA) is 51.0 Å². The number of fused-ring (bicyclic) bond motifs is 2. The Morgan fingerprint density at radius 1 is 1.13 bits per heavy atom. The Morgan fingerprint density at radius 2 is 1.94 bits per heavy atom. The van der Waals surface area contributed by atoms with Gasteiger partial charge in [0.15, 0.2) is 0 Å². The summed E-state index contributed by atoms with van der Waals surface area (Å²) in [6.45, 7) is 2.50. The molecule has 2 aromatic heterocycles. The number of benzene rings is 2. The van der Waals surface area contributed by atoms with Gasteiger partial charge in [-0.1, -0.05) is 42.5 Å². The largest absolute Gasteiger partial charge is 0.326 e. The second-order valence-corrected chi connectivity index (χ2v) is 8.36. The van der Waals surface area contributed by atoms with Gasteiger partial charge in [0.1, 0.15) is 0 Å².